The molecule has 0 radical (unpaired) electrons. The smallest absolute Gasteiger partial charge is 0.323 e. The lowest BCUT2D eigenvalue weighted by Crippen LogP contribution is -2.51. The topological polar surface area (TPSA) is 64.1 Å². The fraction of sp³-hybridized carbons (Fsp3) is 0.368. The summed E-state index contributed by atoms with van der Waals surface area (Å²) in [5.74, 6) is -0.965. The fourth-order valence-corrected chi connectivity index (χ4v) is 3.83. The van der Waals surface area contributed by atoms with E-state index in [1.807, 2.05) is 35.2 Å². The average molecular weight is 373 g/mol. The van der Waals surface area contributed by atoms with E-state index in [1.54, 1.807) is 16.2 Å². The van der Waals surface area contributed by atoms with E-state index >= 15 is 0 Å². The molecule has 138 valence electrons. The monoisotopic (exact) mass is 373 g/mol. The van der Waals surface area contributed by atoms with Crippen LogP contribution in [0.15, 0.2) is 47.8 Å². The number of para-hydroxylation sites is 1. The Balaban J connectivity index is 1.54. The van der Waals surface area contributed by atoms with Gasteiger partial charge in [0.2, 0.25) is 5.91 Å². The summed E-state index contributed by atoms with van der Waals surface area (Å²) in [7, 11) is 0. The van der Waals surface area contributed by atoms with Crippen LogP contribution in [0.25, 0.3) is 0 Å². The number of aliphatic carboxylic acids is 1. The maximum Gasteiger partial charge on any atom is 0.323 e. The van der Waals surface area contributed by atoms with Crippen molar-refractivity contribution in [2.75, 3.05) is 44.2 Å². The third-order valence-corrected chi connectivity index (χ3v) is 5.32. The van der Waals surface area contributed by atoms with Crippen LogP contribution < -0.4 is 4.90 Å². The van der Waals surface area contributed by atoms with E-state index in [4.69, 9.17) is 5.11 Å². The largest absolute Gasteiger partial charge is 0.480 e. The highest BCUT2D eigenvalue weighted by Gasteiger charge is 2.23. The van der Waals surface area contributed by atoms with Gasteiger partial charge >= 0.3 is 5.97 Å². The molecule has 1 aliphatic rings. The number of hydrogen-bond acceptors (Lipinski definition) is 5. The zero-order valence-corrected chi connectivity index (χ0v) is 15.4. The van der Waals surface area contributed by atoms with Crippen molar-refractivity contribution in [3.05, 3.63) is 52.7 Å². The number of carboxylic acid groups (broad SMARTS) is 1. The quantitative estimate of drug-likeness (QED) is 0.804. The molecule has 26 heavy (non-hydrogen) atoms. The molecule has 2 heterocycles. The number of anilines is 1. The molecule has 0 saturated carbocycles. The van der Waals surface area contributed by atoms with Gasteiger partial charge in [-0.05, 0) is 23.6 Å². The molecule has 2 aromatic rings. The Morgan fingerprint density at radius 1 is 1.00 bits per heavy atom. The molecule has 0 bridgehead atoms. The first-order valence-electron chi connectivity index (χ1n) is 8.66. The Labute approximate surface area is 157 Å². The van der Waals surface area contributed by atoms with Crippen LogP contribution in [0.3, 0.4) is 0 Å². The number of carbonyl (C=O) groups excluding carboxylic acids is 1. The Bertz CT molecular complexity index is 713. The molecule has 6 nitrogen and oxygen atoms in total. The Morgan fingerprint density at radius 3 is 2.35 bits per heavy atom. The molecule has 1 amide bonds. The lowest BCUT2D eigenvalue weighted by molar-refractivity contribution is -0.135. The molecular formula is C19H23N3O3S. The molecule has 0 atom stereocenters. The van der Waals surface area contributed by atoms with Crippen LogP contribution in [0.5, 0.6) is 0 Å². The van der Waals surface area contributed by atoms with Gasteiger partial charge in [-0.25, -0.2) is 0 Å². The molecule has 7 heteroatoms. The maximum atomic E-state index is 12.7. The van der Waals surface area contributed by atoms with Gasteiger partial charge in [0.05, 0.1) is 6.54 Å². The predicted molar refractivity (Wildman–Crippen MR) is 102 cm³/mol. The number of hydrogen-bond donors (Lipinski definition) is 1. The number of benzene rings is 1. The minimum absolute atomic E-state index is 0.0223. The second-order valence-electron chi connectivity index (χ2n) is 6.32. The van der Waals surface area contributed by atoms with E-state index in [9.17, 15) is 9.59 Å². The fourth-order valence-electron chi connectivity index (χ4n) is 3.08. The molecule has 1 N–H and O–H groups in total. The second kappa shape index (κ2) is 8.82. The molecule has 3 rings (SSSR count). The minimum Gasteiger partial charge on any atom is -0.480 e. The second-order valence-corrected chi connectivity index (χ2v) is 7.35. The van der Waals surface area contributed by atoms with Gasteiger partial charge in [0.25, 0.3) is 0 Å². The van der Waals surface area contributed by atoms with E-state index in [2.05, 4.69) is 22.4 Å². The van der Waals surface area contributed by atoms with Crippen molar-refractivity contribution >= 4 is 28.9 Å². The normalized spacial score (nSPS) is 15.0. The van der Waals surface area contributed by atoms with E-state index in [1.165, 1.54) is 4.88 Å². The summed E-state index contributed by atoms with van der Waals surface area (Å²) in [6.07, 6.45) is 0. The number of nitrogens with zero attached hydrogens (tertiary/aromatic N) is 3. The van der Waals surface area contributed by atoms with Crippen molar-refractivity contribution in [3.63, 3.8) is 0 Å². The zero-order valence-electron chi connectivity index (χ0n) is 14.6. The van der Waals surface area contributed by atoms with Crippen molar-refractivity contribution in [2.24, 2.45) is 0 Å². The van der Waals surface area contributed by atoms with Crippen LogP contribution in [-0.2, 0) is 16.1 Å². The van der Waals surface area contributed by atoms with E-state index in [0.29, 0.717) is 13.1 Å². The van der Waals surface area contributed by atoms with Crippen LogP contribution in [0.2, 0.25) is 0 Å². The first-order valence-corrected chi connectivity index (χ1v) is 9.54. The predicted octanol–water partition coefficient (Wildman–Crippen LogP) is 1.98. The molecule has 1 aliphatic heterocycles. The Hall–Kier alpha value is -2.38. The number of piperazine rings is 1. The number of carbonyl (C=O) groups is 2. The van der Waals surface area contributed by atoms with Gasteiger partial charge in [0.15, 0.2) is 0 Å². The van der Waals surface area contributed by atoms with Gasteiger partial charge in [0, 0.05) is 43.3 Å². The average Bonchev–Trinajstić information content (AvgIpc) is 3.15. The number of amides is 1. The minimum atomic E-state index is -0.942. The number of rotatable bonds is 7. The summed E-state index contributed by atoms with van der Waals surface area (Å²) in [5.41, 5.74) is 0.750. The summed E-state index contributed by atoms with van der Waals surface area (Å²) in [5, 5.41) is 11.2. The SMILES string of the molecule is O=C(O)CN(CC(=O)N1CCN(Cc2cccs2)CC1)c1ccccc1. The molecule has 1 aromatic heterocycles. The molecule has 1 aromatic carbocycles. The Kier molecular flexibility index (Phi) is 6.25. The van der Waals surface area contributed by atoms with Crippen LogP contribution in [0.1, 0.15) is 4.88 Å². The van der Waals surface area contributed by atoms with E-state index in [-0.39, 0.29) is 19.0 Å². The van der Waals surface area contributed by atoms with Crippen molar-refractivity contribution in [3.8, 4) is 0 Å². The van der Waals surface area contributed by atoms with E-state index in [0.717, 1.165) is 25.3 Å². The lowest BCUT2D eigenvalue weighted by atomic mass is 10.2. The molecule has 0 aliphatic carbocycles. The highest BCUT2D eigenvalue weighted by atomic mass is 32.1. The van der Waals surface area contributed by atoms with Crippen LogP contribution in [-0.4, -0.2) is 66.1 Å². The highest BCUT2D eigenvalue weighted by molar-refractivity contribution is 7.09. The van der Waals surface area contributed by atoms with Crippen molar-refractivity contribution in [1.82, 2.24) is 9.80 Å². The summed E-state index contributed by atoms with van der Waals surface area (Å²) < 4.78 is 0. The first-order chi connectivity index (χ1) is 12.6. The van der Waals surface area contributed by atoms with Gasteiger partial charge in [-0.3, -0.25) is 14.5 Å². The number of carboxylic acids is 1. The van der Waals surface area contributed by atoms with E-state index < -0.39 is 5.97 Å². The summed E-state index contributed by atoms with van der Waals surface area (Å²) in [4.78, 5) is 31.0. The van der Waals surface area contributed by atoms with Crippen LogP contribution in [0, 0.1) is 0 Å². The molecule has 1 saturated heterocycles. The molecular weight excluding hydrogens is 350 g/mol. The van der Waals surface area contributed by atoms with Gasteiger partial charge in [0.1, 0.15) is 6.54 Å². The summed E-state index contributed by atoms with van der Waals surface area (Å²) in [6, 6.07) is 13.4. The molecule has 0 unspecified atom stereocenters. The van der Waals surface area contributed by atoms with Gasteiger partial charge in [-0.2, -0.15) is 0 Å². The van der Waals surface area contributed by atoms with Crippen molar-refractivity contribution < 1.29 is 14.7 Å². The third-order valence-electron chi connectivity index (χ3n) is 4.46. The van der Waals surface area contributed by atoms with Crippen molar-refractivity contribution in [1.29, 1.82) is 0 Å². The number of thiophene rings is 1. The lowest BCUT2D eigenvalue weighted by Gasteiger charge is -2.35. The van der Waals surface area contributed by atoms with Crippen LogP contribution in [0.4, 0.5) is 5.69 Å². The highest BCUT2D eigenvalue weighted by Crippen LogP contribution is 2.15. The molecule has 1 fully saturated rings. The van der Waals surface area contributed by atoms with Gasteiger partial charge in [-0.1, -0.05) is 24.3 Å². The van der Waals surface area contributed by atoms with Gasteiger partial charge in [-0.15, -0.1) is 11.3 Å². The standard InChI is InChI=1S/C19H23N3O3S/c23-18(14-22(15-19(24)25)16-5-2-1-3-6-16)21-10-8-20(9-11-21)13-17-7-4-12-26-17/h1-7,12H,8-11,13-15H2,(H,24,25). The summed E-state index contributed by atoms with van der Waals surface area (Å²) in [6.45, 7) is 3.87. The van der Waals surface area contributed by atoms with Gasteiger partial charge < -0.3 is 14.9 Å². The first kappa shape index (κ1) is 18.4. The third kappa shape index (κ3) is 5.06. The molecule has 0 spiro atoms. The van der Waals surface area contributed by atoms with Crippen LogP contribution >= 0.6 is 11.3 Å². The summed E-state index contributed by atoms with van der Waals surface area (Å²) >= 11 is 1.75. The zero-order chi connectivity index (χ0) is 18.4. The Morgan fingerprint density at radius 2 is 1.73 bits per heavy atom. The van der Waals surface area contributed by atoms with Crippen molar-refractivity contribution in [2.45, 2.75) is 6.54 Å². The maximum absolute atomic E-state index is 12.7.